The summed E-state index contributed by atoms with van der Waals surface area (Å²) < 4.78 is 3.60. The fourth-order valence-corrected chi connectivity index (χ4v) is 5.43. The molecular formula is C33H38N10O3. The molecule has 5 aromatic rings. The van der Waals surface area contributed by atoms with Crippen molar-refractivity contribution < 1.29 is 9.72 Å². The predicted octanol–water partition coefficient (Wildman–Crippen LogP) is 4.70. The van der Waals surface area contributed by atoms with Gasteiger partial charge in [-0.25, -0.2) is 4.98 Å². The Morgan fingerprint density at radius 3 is 2.28 bits per heavy atom. The molecule has 0 atom stereocenters. The first-order valence-electron chi connectivity index (χ1n) is 15.3. The summed E-state index contributed by atoms with van der Waals surface area (Å²) in [5, 5.41) is 19.2. The number of fused-ring (bicyclic) bond motifs is 1. The molecule has 1 fully saturated rings. The summed E-state index contributed by atoms with van der Waals surface area (Å²) in [7, 11) is 1.81. The van der Waals surface area contributed by atoms with E-state index in [9.17, 15) is 14.9 Å². The van der Waals surface area contributed by atoms with Crippen molar-refractivity contribution in [2.24, 2.45) is 7.05 Å². The monoisotopic (exact) mass is 622 g/mol. The molecule has 1 amide bonds. The molecule has 2 aromatic carbocycles. The zero-order valence-electron chi connectivity index (χ0n) is 26.8. The number of aromatic nitrogens is 6. The van der Waals surface area contributed by atoms with Gasteiger partial charge in [0.1, 0.15) is 5.69 Å². The van der Waals surface area contributed by atoms with Crippen molar-refractivity contribution in [1.29, 1.82) is 0 Å². The van der Waals surface area contributed by atoms with Crippen LogP contribution in [0.2, 0.25) is 0 Å². The fraction of sp³-hybridized carbons (Fsp3) is 0.364. The number of nitro groups is 1. The highest BCUT2D eigenvalue weighted by atomic mass is 16.6. The number of nitrogens with one attached hydrogen (secondary N) is 1. The van der Waals surface area contributed by atoms with Crippen molar-refractivity contribution in [3.63, 3.8) is 0 Å². The van der Waals surface area contributed by atoms with Gasteiger partial charge in [-0.05, 0) is 24.1 Å². The van der Waals surface area contributed by atoms with Crippen LogP contribution >= 0.6 is 0 Å². The van der Waals surface area contributed by atoms with E-state index >= 15 is 0 Å². The van der Waals surface area contributed by atoms with Crippen molar-refractivity contribution in [1.82, 2.24) is 34.2 Å². The summed E-state index contributed by atoms with van der Waals surface area (Å²) in [4.78, 5) is 42.7. The molecule has 0 radical (unpaired) electrons. The fourth-order valence-electron chi connectivity index (χ4n) is 5.43. The van der Waals surface area contributed by atoms with Crippen LogP contribution in [0.25, 0.3) is 11.2 Å². The minimum absolute atomic E-state index is 0.0388. The summed E-state index contributed by atoms with van der Waals surface area (Å²) in [5.74, 6) is 1.13. The van der Waals surface area contributed by atoms with Gasteiger partial charge >= 0.3 is 0 Å². The number of amides is 1. The van der Waals surface area contributed by atoms with Crippen LogP contribution in [0.4, 0.5) is 17.5 Å². The van der Waals surface area contributed by atoms with Crippen LogP contribution in [0.5, 0.6) is 0 Å². The Morgan fingerprint density at radius 2 is 1.65 bits per heavy atom. The molecule has 3 aromatic heterocycles. The van der Waals surface area contributed by atoms with Crippen LogP contribution < -0.4 is 10.2 Å². The van der Waals surface area contributed by atoms with Gasteiger partial charge < -0.3 is 19.7 Å². The Hall–Kier alpha value is -5.33. The number of benzene rings is 2. The minimum atomic E-state index is -0.408. The SMILES string of the molecule is Cc1ccc(CNc2nc(N3CCN(C(=O)c4cc(C(C)(C)C)nn4C)CC3)nc3c2ncn3Cc2ccc([N+](=O)[O-])cc2)cc1. The van der Waals surface area contributed by atoms with Crippen LogP contribution in [-0.4, -0.2) is 71.2 Å². The van der Waals surface area contributed by atoms with Gasteiger partial charge in [-0.1, -0.05) is 62.7 Å². The number of anilines is 2. The molecular weight excluding hydrogens is 584 g/mol. The topological polar surface area (TPSA) is 140 Å². The summed E-state index contributed by atoms with van der Waals surface area (Å²) in [6.45, 7) is 11.5. The molecule has 1 saturated heterocycles. The molecule has 6 rings (SSSR count). The summed E-state index contributed by atoms with van der Waals surface area (Å²) in [5.41, 5.74) is 5.83. The Bertz CT molecular complexity index is 1880. The molecule has 0 unspecified atom stereocenters. The zero-order valence-corrected chi connectivity index (χ0v) is 26.8. The molecule has 46 heavy (non-hydrogen) atoms. The standard InChI is InChI=1S/C33H38N10O3/c1-22-6-8-23(9-7-22)19-34-29-28-30(42(21-35-28)20-24-10-12-25(13-11-24)43(45)46)37-32(36-29)41-16-14-40(15-17-41)31(44)26-18-27(33(2,3)4)38-39(26)5/h6-13,18,21H,14-17,19-20H2,1-5H3,(H,34,36,37). The second-order valence-electron chi connectivity index (χ2n) is 12.7. The minimum Gasteiger partial charge on any atom is -0.364 e. The number of imidazole rings is 1. The second-order valence-corrected chi connectivity index (χ2v) is 12.7. The third kappa shape index (κ3) is 6.39. The highest BCUT2D eigenvalue weighted by Gasteiger charge is 2.28. The Labute approximate surface area is 267 Å². The smallest absolute Gasteiger partial charge is 0.272 e. The first kappa shape index (κ1) is 30.7. The number of hydrogen-bond donors (Lipinski definition) is 1. The van der Waals surface area contributed by atoms with Gasteiger partial charge in [-0.2, -0.15) is 15.1 Å². The van der Waals surface area contributed by atoms with Gasteiger partial charge in [-0.15, -0.1) is 0 Å². The number of nitrogens with zero attached hydrogens (tertiary/aromatic N) is 9. The van der Waals surface area contributed by atoms with Gasteiger partial charge in [0, 0.05) is 57.3 Å². The molecule has 0 aliphatic carbocycles. The van der Waals surface area contributed by atoms with E-state index in [-0.39, 0.29) is 17.0 Å². The average Bonchev–Trinajstić information content (AvgIpc) is 3.64. The first-order chi connectivity index (χ1) is 22.0. The number of rotatable bonds is 8. The lowest BCUT2D eigenvalue weighted by Crippen LogP contribution is -2.49. The molecule has 238 valence electrons. The number of nitro benzene ring substituents is 1. The maximum absolute atomic E-state index is 13.5. The van der Waals surface area contributed by atoms with Crippen molar-refractivity contribution in [3.05, 3.63) is 99.1 Å². The Morgan fingerprint density at radius 1 is 0.978 bits per heavy atom. The summed E-state index contributed by atoms with van der Waals surface area (Å²) >= 11 is 0. The van der Waals surface area contributed by atoms with Crippen LogP contribution in [-0.2, 0) is 25.6 Å². The number of carbonyl (C=O) groups is 1. The Balaban J connectivity index is 1.25. The lowest BCUT2D eigenvalue weighted by atomic mass is 9.92. The lowest BCUT2D eigenvalue weighted by molar-refractivity contribution is -0.384. The molecule has 13 nitrogen and oxygen atoms in total. The van der Waals surface area contributed by atoms with E-state index < -0.39 is 4.92 Å². The third-order valence-electron chi connectivity index (χ3n) is 8.25. The highest BCUT2D eigenvalue weighted by Crippen LogP contribution is 2.26. The predicted molar refractivity (Wildman–Crippen MR) is 176 cm³/mol. The van der Waals surface area contributed by atoms with Crippen LogP contribution in [0.15, 0.2) is 60.9 Å². The molecule has 1 aliphatic heterocycles. The van der Waals surface area contributed by atoms with Gasteiger partial charge in [0.05, 0.1) is 23.5 Å². The Kier molecular flexibility index (Phi) is 8.15. The van der Waals surface area contributed by atoms with Gasteiger partial charge in [0.25, 0.3) is 11.6 Å². The number of non-ortho nitro benzene ring substituents is 1. The molecule has 1 aliphatic rings. The van der Waals surface area contributed by atoms with Crippen molar-refractivity contribution in [2.45, 2.75) is 46.2 Å². The van der Waals surface area contributed by atoms with E-state index in [0.717, 1.165) is 16.8 Å². The number of aryl methyl sites for hydroxylation is 2. The second kappa shape index (κ2) is 12.2. The first-order valence-corrected chi connectivity index (χ1v) is 15.3. The molecule has 4 heterocycles. The summed E-state index contributed by atoms with van der Waals surface area (Å²) in [6, 6.07) is 16.7. The van der Waals surface area contributed by atoms with E-state index in [1.165, 1.54) is 17.7 Å². The summed E-state index contributed by atoms with van der Waals surface area (Å²) in [6.07, 6.45) is 1.72. The zero-order chi connectivity index (χ0) is 32.6. The quantitative estimate of drug-likeness (QED) is 0.193. The maximum atomic E-state index is 13.5. The average molecular weight is 623 g/mol. The van der Waals surface area contributed by atoms with Crippen molar-refractivity contribution >= 4 is 34.5 Å². The lowest BCUT2D eigenvalue weighted by Gasteiger charge is -2.34. The largest absolute Gasteiger partial charge is 0.364 e. The molecule has 0 spiro atoms. The third-order valence-corrected chi connectivity index (χ3v) is 8.25. The normalized spacial score (nSPS) is 13.8. The van der Waals surface area contributed by atoms with E-state index in [2.05, 4.69) is 72.3 Å². The molecule has 1 N–H and O–H groups in total. The van der Waals surface area contributed by atoms with E-state index in [1.807, 2.05) is 22.6 Å². The van der Waals surface area contributed by atoms with E-state index in [4.69, 9.17) is 9.97 Å². The molecule has 13 heteroatoms. The van der Waals surface area contributed by atoms with Crippen LogP contribution in [0.1, 0.15) is 53.6 Å². The highest BCUT2D eigenvalue weighted by molar-refractivity contribution is 5.93. The van der Waals surface area contributed by atoms with Crippen LogP contribution in [0.3, 0.4) is 0 Å². The van der Waals surface area contributed by atoms with Gasteiger partial charge in [0.15, 0.2) is 17.0 Å². The number of piperazine rings is 1. The van der Waals surface area contributed by atoms with E-state index in [1.54, 1.807) is 23.1 Å². The maximum Gasteiger partial charge on any atom is 0.272 e. The van der Waals surface area contributed by atoms with Gasteiger partial charge in [0.2, 0.25) is 5.95 Å². The number of hydrogen-bond acceptors (Lipinski definition) is 9. The number of carbonyl (C=O) groups excluding carboxylic acids is 1. The van der Waals surface area contributed by atoms with Gasteiger partial charge in [-0.3, -0.25) is 19.6 Å². The molecule has 0 saturated carbocycles. The van der Waals surface area contributed by atoms with Crippen molar-refractivity contribution in [2.75, 3.05) is 36.4 Å². The van der Waals surface area contributed by atoms with Crippen LogP contribution in [0, 0.1) is 17.0 Å². The molecule has 0 bridgehead atoms. The van der Waals surface area contributed by atoms with Crippen molar-refractivity contribution in [3.8, 4) is 0 Å². The van der Waals surface area contributed by atoms with E-state index in [0.29, 0.717) is 67.9 Å².